The zero-order valence-corrected chi connectivity index (χ0v) is 19.6. The highest BCUT2D eigenvalue weighted by atomic mass is 19.1. The number of furan rings is 1. The minimum atomic E-state index is -0.261. The quantitative estimate of drug-likeness (QED) is 0.450. The molecule has 0 bridgehead atoms. The van der Waals surface area contributed by atoms with Gasteiger partial charge in [0.1, 0.15) is 11.6 Å². The maximum absolute atomic E-state index is 13.5. The van der Waals surface area contributed by atoms with Crippen LogP contribution in [0.15, 0.2) is 59.0 Å². The van der Waals surface area contributed by atoms with Gasteiger partial charge in [0.05, 0.1) is 20.8 Å². The molecule has 0 saturated heterocycles. The second-order valence-corrected chi connectivity index (χ2v) is 8.09. The molecule has 0 unspecified atom stereocenters. The Morgan fingerprint density at radius 2 is 1.79 bits per heavy atom. The summed E-state index contributed by atoms with van der Waals surface area (Å²) in [4.78, 5) is 14.7. The molecule has 33 heavy (non-hydrogen) atoms. The predicted molar refractivity (Wildman–Crippen MR) is 125 cm³/mol. The first kappa shape index (κ1) is 24.3. The van der Waals surface area contributed by atoms with Gasteiger partial charge < -0.3 is 19.2 Å². The maximum atomic E-state index is 13.5. The van der Waals surface area contributed by atoms with Gasteiger partial charge in [-0.25, -0.2) is 4.39 Å². The third-order valence-corrected chi connectivity index (χ3v) is 5.40. The lowest BCUT2D eigenvalue weighted by atomic mass is 10.1. The number of carbonyl (C=O) groups is 1. The molecule has 0 aliphatic rings. The first-order chi connectivity index (χ1) is 15.9. The van der Waals surface area contributed by atoms with Crippen LogP contribution >= 0.6 is 0 Å². The van der Waals surface area contributed by atoms with E-state index in [4.69, 9.17) is 13.9 Å². The van der Waals surface area contributed by atoms with Gasteiger partial charge in [0.15, 0.2) is 17.3 Å². The highest BCUT2D eigenvalue weighted by Crippen LogP contribution is 2.27. The number of hydrogen-bond donors (Lipinski definition) is 1. The number of ether oxygens (including phenoxy) is 2. The second-order valence-electron chi connectivity index (χ2n) is 8.09. The molecule has 176 valence electrons. The van der Waals surface area contributed by atoms with Crippen molar-refractivity contribution in [3.05, 3.63) is 83.1 Å². The predicted octanol–water partition coefficient (Wildman–Crippen LogP) is 4.82. The molecular formula is C26H31FN2O4. The van der Waals surface area contributed by atoms with Gasteiger partial charge in [-0.15, -0.1) is 0 Å². The van der Waals surface area contributed by atoms with Crippen molar-refractivity contribution in [3.8, 4) is 11.5 Å². The van der Waals surface area contributed by atoms with Crippen LogP contribution in [0.2, 0.25) is 0 Å². The van der Waals surface area contributed by atoms with Crippen LogP contribution in [0.1, 0.15) is 41.3 Å². The zero-order chi connectivity index (χ0) is 23.8. The number of halogens is 1. The molecule has 0 aliphatic heterocycles. The second kappa shape index (κ2) is 11.5. The molecule has 0 spiro atoms. The lowest BCUT2D eigenvalue weighted by molar-refractivity contribution is 0.0921. The molecule has 7 heteroatoms. The molecule has 1 amide bonds. The van der Waals surface area contributed by atoms with Crippen molar-refractivity contribution in [2.45, 2.75) is 39.4 Å². The lowest BCUT2D eigenvalue weighted by Gasteiger charge is -2.25. The summed E-state index contributed by atoms with van der Waals surface area (Å²) in [6, 6.07) is 16.0. The molecule has 0 atom stereocenters. The molecule has 2 aromatic carbocycles. The molecule has 3 rings (SSSR count). The Balaban J connectivity index is 1.54. The largest absolute Gasteiger partial charge is 0.493 e. The fourth-order valence-corrected chi connectivity index (χ4v) is 3.52. The fraction of sp³-hybridized carbons (Fsp3) is 0.346. The Labute approximate surface area is 194 Å². The van der Waals surface area contributed by atoms with E-state index in [1.165, 1.54) is 12.1 Å². The van der Waals surface area contributed by atoms with Crippen LogP contribution in [0, 0.1) is 5.82 Å². The Bertz CT molecular complexity index is 1060. The smallest absolute Gasteiger partial charge is 0.287 e. The first-order valence-corrected chi connectivity index (χ1v) is 11.0. The highest BCUT2D eigenvalue weighted by Gasteiger charge is 2.16. The lowest BCUT2D eigenvalue weighted by Crippen LogP contribution is -2.29. The third-order valence-electron chi connectivity index (χ3n) is 5.40. The number of rotatable bonds is 11. The van der Waals surface area contributed by atoms with Gasteiger partial charge in [-0.3, -0.25) is 9.69 Å². The number of hydrogen-bond acceptors (Lipinski definition) is 5. The monoisotopic (exact) mass is 454 g/mol. The molecule has 1 N–H and O–H groups in total. The Morgan fingerprint density at radius 3 is 2.48 bits per heavy atom. The summed E-state index contributed by atoms with van der Waals surface area (Å²) in [6.07, 6.45) is 0.647. The summed E-state index contributed by atoms with van der Waals surface area (Å²) in [5.74, 6) is 1.77. The molecule has 0 fully saturated rings. The van der Waals surface area contributed by atoms with Crippen molar-refractivity contribution in [2.24, 2.45) is 0 Å². The van der Waals surface area contributed by atoms with Crippen LogP contribution < -0.4 is 14.8 Å². The molecular weight excluding hydrogens is 423 g/mol. The molecule has 0 aliphatic carbocycles. The van der Waals surface area contributed by atoms with E-state index in [9.17, 15) is 9.18 Å². The van der Waals surface area contributed by atoms with E-state index in [0.29, 0.717) is 43.3 Å². The van der Waals surface area contributed by atoms with Crippen LogP contribution in [-0.4, -0.2) is 37.6 Å². The first-order valence-electron chi connectivity index (χ1n) is 11.0. The van der Waals surface area contributed by atoms with Gasteiger partial charge in [-0.1, -0.05) is 18.2 Å². The number of methoxy groups -OCH3 is 2. The van der Waals surface area contributed by atoms with Crippen LogP contribution in [0.25, 0.3) is 0 Å². The molecule has 1 heterocycles. The Morgan fingerprint density at radius 1 is 1.00 bits per heavy atom. The van der Waals surface area contributed by atoms with Gasteiger partial charge in [-0.2, -0.15) is 0 Å². The van der Waals surface area contributed by atoms with Crippen molar-refractivity contribution in [3.63, 3.8) is 0 Å². The summed E-state index contributed by atoms with van der Waals surface area (Å²) < 4.78 is 29.9. The fourth-order valence-electron chi connectivity index (χ4n) is 3.52. The van der Waals surface area contributed by atoms with Crippen LogP contribution in [0.3, 0.4) is 0 Å². The summed E-state index contributed by atoms with van der Waals surface area (Å²) in [5, 5.41) is 2.89. The Kier molecular flexibility index (Phi) is 8.49. The number of amides is 1. The van der Waals surface area contributed by atoms with E-state index in [-0.39, 0.29) is 23.5 Å². The van der Waals surface area contributed by atoms with Crippen molar-refractivity contribution in [1.82, 2.24) is 10.2 Å². The third kappa shape index (κ3) is 6.83. The molecule has 0 radical (unpaired) electrons. The van der Waals surface area contributed by atoms with Gasteiger partial charge in [-0.05, 0) is 67.8 Å². The SMILES string of the molecule is COc1ccc(CCNC(=O)c2ccc(CN(Cc3cccc(F)c3)C(C)C)o2)cc1OC. The van der Waals surface area contributed by atoms with E-state index < -0.39 is 0 Å². The topological polar surface area (TPSA) is 63.9 Å². The number of nitrogens with one attached hydrogen (secondary N) is 1. The van der Waals surface area contributed by atoms with Crippen molar-refractivity contribution in [2.75, 3.05) is 20.8 Å². The van der Waals surface area contributed by atoms with Crippen molar-refractivity contribution in [1.29, 1.82) is 0 Å². The van der Waals surface area contributed by atoms with Gasteiger partial charge in [0.2, 0.25) is 0 Å². The van der Waals surface area contributed by atoms with E-state index in [2.05, 4.69) is 24.1 Å². The minimum absolute atomic E-state index is 0.220. The van der Waals surface area contributed by atoms with Crippen molar-refractivity contribution < 1.29 is 23.1 Å². The number of nitrogens with zero attached hydrogens (tertiary/aromatic N) is 1. The van der Waals surface area contributed by atoms with Gasteiger partial charge in [0.25, 0.3) is 5.91 Å². The summed E-state index contributed by atoms with van der Waals surface area (Å²) in [5.41, 5.74) is 1.92. The van der Waals surface area contributed by atoms with Gasteiger partial charge >= 0.3 is 0 Å². The average molecular weight is 455 g/mol. The summed E-state index contributed by atoms with van der Waals surface area (Å²) >= 11 is 0. The standard InChI is InChI=1S/C26H31FN2O4/c1-18(2)29(16-20-6-5-7-21(27)14-20)17-22-9-11-24(33-22)26(30)28-13-12-19-8-10-23(31-3)25(15-19)32-4/h5-11,14-15,18H,12-13,16-17H2,1-4H3,(H,28,30). The van der Waals surface area contributed by atoms with E-state index in [1.54, 1.807) is 26.4 Å². The molecule has 0 saturated carbocycles. The number of benzene rings is 2. The van der Waals surface area contributed by atoms with Crippen LogP contribution in [0.4, 0.5) is 4.39 Å². The zero-order valence-electron chi connectivity index (χ0n) is 19.6. The number of carbonyl (C=O) groups excluding carboxylic acids is 1. The normalized spacial score (nSPS) is 11.1. The van der Waals surface area contributed by atoms with E-state index in [1.807, 2.05) is 30.3 Å². The van der Waals surface area contributed by atoms with Crippen LogP contribution in [0.5, 0.6) is 11.5 Å². The molecule has 1 aromatic heterocycles. The van der Waals surface area contributed by atoms with Crippen LogP contribution in [-0.2, 0) is 19.5 Å². The molecule has 6 nitrogen and oxygen atoms in total. The Hall–Kier alpha value is -3.32. The van der Waals surface area contributed by atoms with E-state index in [0.717, 1.165) is 11.1 Å². The summed E-state index contributed by atoms with van der Waals surface area (Å²) in [7, 11) is 3.19. The summed E-state index contributed by atoms with van der Waals surface area (Å²) in [6.45, 7) is 5.71. The molecule has 3 aromatic rings. The van der Waals surface area contributed by atoms with Gasteiger partial charge in [0, 0.05) is 19.1 Å². The minimum Gasteiger partial charge on any atom is -0.493 e. The highest BCUT2D eigenvalue weighted by molar-refractivity contribution is 5.91. The van der Waals surface area contributed by atoms with Crippen molar-refractivity contribution >= 4 is 5.91 Å². The average Bonchev–Trinajstić information content (AvgIpc) is 3.27. The maximum Gasteiger partial charge on any atom is 0.287 e. The van der Waals surface area contributed by atoms with E-state index >= 15 is 0 Å².